The third kappa shape index (κ3) is 3.10. The zero-order chi connectivity index (χ0) is 19.1. The van der Waals surface area contributed by atoms with E-state index in [2.05, 4.69) is 84.7 Å². The number of nitrogens with zero attached hydrogens (tertiary/aromatic N) is 1. The van der Waals surface area contributed by atoms with E-state index in [0.717, 1.165) is 25.2 Å². The van der Waals surface area contributed by atoms with Crippen molar-refractivity contribution in [3.63, 3.8) is 0 Å². The van der Waals surface area contributed by atoms with Crippen LogP contribution in [0.4, 0.5) is 0 Å². The van der Waals surface area contributed by atoms with Crippen LogP contribution in [0.3, 0.4) is 0 Å². The van der Waals surface area contributed by atoms with E-state index in [4.69, 9.17) is 0 Å². The van der Waals surface area contributed by atoms with Gasteiger partial charge in [0.05, 0.1) is 0 Å². The summed E-state index contributed by atoms with van der Waals surface area (Å²) in [4.78, 5) is 6.24. The van der Waals surface area contributed by atoms with Crippen LogP contribution in [0.5, 0.6) is 0 Å². The maximum Gasteiger partial charge on any atom is 0.0461 e. The summed E-state index contributed by atoms with van der Waals surface area (Å²) in [6, 6.07) is 19.8. The van der Waals surface area contributed by atoms with E-state index in [-0.39, 0.29) is 5.54 Å². The van der Waals surface area contributed by atoms with Crippen molar-refractivity contribution in [2.75, 3.05) is 14.1 Å². The van der Waals surface area contributed by atoms with Crippen molar-refractivity contribution in [2.45, 2.75) is 50.0 Å². The molecular weight excluding hydrogens is 340 g/mol. The Labute approximate surface area is 168 Å². The third-order valence-electron chi connectivity index (χ3n) is 6.97. The van der Waals surface area contributed by atoms with E-state index < -0.39 is 0 Å². The normalized spacial score (nSPS) is 22.6. The fraction of sp³-hybridized carbons (Fsp3) is 0.385. The molecule has 0 bridgehead atoms. The summed E-state index contributed by atoms with van der Waals surface area (Å²) in [6.07, 6.45) is 9.81. The Morgan fingerprint density at radius 1 is 1.00 bits per heavy atom. The molecule has 0 amide bonds. The van der Waals surface area contributed by atoms with Gasteiger partial charge in [0.1, 0.15) is 0 Å². The van der Waals surface area contributed by atoms with Gasteiger partial charge in [-0.3, -0.25) is 0 Å². The molecule has 1 aromatic heterocycles. The minimum atomic E-state index is 0.219. The zero-order valence-electron chi connectivity index (χ0n) is 17.0. The molecule has 3 aromatic rings. The van der Waals surface area contributed by atoms with E-state index in [1.54, 1.807) is 5.56 Å². The van der Waals surface area contributed by atoms with E-state index in [1.807, 2.05) is 0 Å². The Morgan fingerprint density at radius 2 is 1.75 bits per heavy atom. The smallest absolute Gasteiger partial charge is 0.0461 e. The number of fused-ring (bicyclic) bond motifs is 1. The second kappa shape index (κ2) is 6.93. The predicted molar refractivity (Wildman–Crippen MR) is 119 cm³/mol. The number of rotatable bonds is 5. The molecule has 1 saturated carbocycles. The largest absolute Gasteiger partial charge is 0.355 e. The van der Waals surface area contributed by atoms with Gasteiger partial charge in [0, 0.05) is 22.1 Å². The highest BCUT2D eigenvalue weighted by Gasteiger charge is 2.36. The van der Waals surface area contributed by atoms with Gasteiger partial charge in [-0.05, 0) is 81.3 Å². The first kappa shape index (κ1) is 17.8. The van der Waals surface area contributed by atoms with Gasteiger partial charge in [0.2, 0.25) is 0 Å². The molecule has 1 N–H and O–H groups in total. The van der Waals surface area contributed by atoms with Crippen molar-refractivity contribution >= 4 is 16.5 Å². The van der Waals surface area contributed by atoms with Gasteiger partial charge in [0.15, 0.2) is 0 Å². The van der Waals surface area contributed by atoms with Gasteiger partial charge >= 0.3 is 0 Å². The Balaban J connectivity index is 1.48. The molecule has 1 unspecified atom stereocenters. The molecule has 1 atom stereocenters. The second-order valence-electron chi connectivity index (χ2n) is 8.95. The number of benzene rings is 2. The lowest BCUT2D eigenvalue weighted by molar-refractivity contribution is 0.138. The standard InChI is InChI=1S/C26H30N2/c1-28(2)26(18-19-8-4-3-5-9-19)16-14-21(15-17-26)25-24(20-12-13-20)22-10-6-7-11-23(22)27-25/h3-11,14,20,27H,12-13,15-18H2,1-2H3. The molecule has 0 spiro atoms. The van der Waals surface area contributed by atoms with Crippen LogP contribution in [0.25, 0.3) is 16.5 Å². The lowest BCUT2D eigenvalue weighted by atomic mass is 9.76. The van der Waals surface area contributed by atoms with Crippen LogP contribution in [-0.4, -0.2) is 29.5 Å². The highest BCUT2D eigenvalue weighted by atomic mass is 15.1. The highest BCUT2D eigenvalue weighted by Crippen LogP contribution is 2.48. The average molecular weight is 371 g/mol. The fourth-order valence-corrected chi connectivity index (χ4v) is 5.03. The zero-order valence-corrected chi connectivity index (χ0v) is 17.0. The second-order valence-corrected chi connectivity index (χ2v) is 8.95. The first-order valence-electron chi connectivity index (χ1n) is 10.7. The molecule has 1 heterocycles. The highest BCUT2D eigenvalue weighted by molar-refractivity contribution is 5.90. The number of hydrogen-bond donors (Lipinski definition) is 1. The monoisotopic (exact) mass is 370 g/mol. The molecule has 1 fully saturated rings. The van der Waals surface area contributed by atoms with Crippen LogP contribution in [-0.2, 0) is 6.42 Å². The summed E-state index contributed by atoms with van der Waals surface area (Å²) in [5.41, 5.74) is 7.50. The van der Waals surface area contributed by atoms with E-state index in [0.29, 0.717) is 0 Å². The molecule has 28 heavy (non-hydrogen) atoms. The van der Waals surface area contributed by atoms with Crippen LogP contribution in [0.15, 0.2) is 60.7 Å². The topological polar surface area (TPSA) is 19.0 Å². The van der Waals surface area contributed by atoms with Gasteiger partial charge in [-0.25, -0.2) is 0 Å². The molecule has 2 nitrogen and oxygen atoms in total. The SMILES string of the molecule is CN(C)C1(Cc2ccccc2)CC=C(c2[nH]c3ccccc3c2C2CC2)CC1. The van der Waals surface area contributed by atoms with Crippen LogP contribution < -0.4 is 0 Å². The Kier molecular flexibility index (Phi) is 4.40. The molecule has 144 valence electrons. The minimum Gasteiger partial charge on any atom is -0.355 e. The summed E-state index contributed by atoms with van der Waals surface area (Å²) in [7, 11) is 4.50. The van der Waals surface area contributed by atoms with Gasteiger partial charge < -0.3 is 9.88 Å². The summed E-state index contributed by atoms with van der Waals surface area (Å²) >= 11 is 0. The molecule has 2 heteroatoms. The van der Waals surface area contributed by atoms with Crippen molar-refractivity contribution in [3.05, 3.63) is 77.5 Å². The summed E-state index contributed by atoms with van der Waals surface area (Å²) in [5, 5.41) is 1.44. The molecule has 0 radical (unpaired) electrons. The summed E-state index contributed by atoms with van der Waals surface area (Å²) in [6.45, 7) is 0. The van der Waals surface area contributed by atoms with E-state index in [1.165, 1.54) is 47.0 Å². The quantitative estimate of drug-likeness (QED) is 0.570. The minimum absolute atomic E-state index is 0.219. The molecule has 2 aliphatic rings. The number of allylic oxidation sites excluding steroid dienone is 1. The van der Waals surface area contributed by atoms with Crippen molar-refractivity contribution in [1.82, 2.24) is 9.88 Å². The Hall–Kier alpha value is -2.32. The fourth-order valence-electron chi connectivity index (χ4n) is 5.03. The van der Waals surface area contributed by atoms with Crippen molar-refractivity contribution in [1.29, 1.82) is 0 Å². The molecule has 2 aromatic carbocycles. The average Bonchev–Trinajstić information content (AvgIpc) is 3.48. The number of para-hydroxylation sites is 1. The summed E-state index contributed by atoms with van der Waals surface area (Å²) < 4.78 is 0. The maximum absolute atomic E-state index is 3.78. The molecule has 5 rings (SSSR count). The third-order valence-corrected chi connectivity index (χ3v) is 6.97. The van der Waals surface area contributed by atoms with Gasteiger partial charge in [-0.15, -0.1) is 0 Å². The van der Waals surface area contributed by atoms with Crippen molar-refractivity contribution in [3.8, 4) is 0 Å². The van der Waals surface area contributed by atoms with E-state index in [9.17, 15) is 0 Å². The van der Waals surface area contributed by atoms with Gasteiger partial charge in [0.25, 0.3) is 0 Å². The van der Waals surface area contributed by atoms with Crippen molar-refractivity contribution in [2.24, 2.45) is 0 Å². The molecule has 0 aliphatic heterocycles. The first-order chi connectivity index (χ1) is 13.7. The van der Waals surface area contributed by atoms with E-state index >= 15 is 0 Å². The lowest BCUT2D eigenvalue weighted by Gasteiger charge is -2.42. The van der Waals surface area contributed by atoms with Crippen LogP contribution in [0.2, 0.25) is 0 Å². The molecule has 2 aliphatic carbocycles. The Morgan fingerprint density at radius 3 is 2.43 bits per heavy atom. The molecule has 0 saturated heterocycles. The number of nitrogens with one attached hydrogen (secondary N) is 1. The summed E-state index contributed by atoms with van der Waals surface area (Å²) in [5.74, 6) is 0.761. The number of H-pyrrole nitrogens is 1. The molecular formula is C26H30N2. The van der Waals surface area contributed by atoms with Crippen LogP contribution in [0.1, 0.15) is 54.8 Å². The van der Waals surface area contributed by atoms with Gasteiger partial charge in [-0.1, -0.05) is 54.6 Å². The Bertz CT molecular complexity index is 1010. The lowest BCUT2D eigenvalue weighted by Crippen LogP contribution is -2.47. The number of aromatic amines is 1. The van der Waals surface area contributed by atoms with Crippen molar-refractivity contribution < 1.29 is 0 Å². The van der Waals surface area contributed by atoms with Crippen LogP contribution in [0, 0.1) is 0 Å². The maximum atomic E-state index is 3.78. The predicted octanol–water partition coefficient (Wildman–Crippen LogP) is 6.16. The van der Waals surface area contributed by atoms with Crippen LogP contribution >= 0.6 is 0 Å². The number of likely N-dealkylation sites (N-methyl/N-ethyl adjacent to an activating group) is 1. The number of aromatic nitrogens is 1. The first-order valence-corrected chi connectivity index (χ1v) is 10.7. The van der Waals surface area contributed by atoms with Gasteiger partial charge in [-0.2, -0.15) is 0 Å². The number of hydrogen-bond acceptors (Lipinski definition) is 1.